The highest BCUT2D eigenvalue weighted by molar-refractivity contribution is 7.11. The Balaban J connectivity index is 1.68. The molecule has 1 atom stereocenters. The van der Waals surface area contributed by atoms with E-state index in [0.29, 0.717) is 6.54 Å². The molecule has 0 saturated carbocycles. The van der Waals surface area contributed by atoms with Gasteiger partial charge in [-0.1, -0.05) is 6.07 Å². The second kappa shape index (κ2) is 7.21. The van der Waals surface area contributed by atoms with E-state index in [1.54, 1.807) is 18.4 Å². The van der Waals surface area contributed by atoms with Gasteiger partial charge in [0.15, 0.2) is 0 Å². The largest absolute Gasteiger partial charge is 0.497 e. The highest BCUT2D eigenvalue weighted by Gasteiger charge is 2.21. The van der Waals surface area contributed by atoms with Gasteiger partial charge in [-0.15, -0.1) is 11.3 Å². The van der Waals surface area contributed by atoms with Gasteiger partial charge in [-0.05, 0) is 49.9 Å². The zero-order chi connectivity index (χ0) is 17.1. The summed E-state index contributed by atoms with van der Waals surface area (Å²) in [5.74, 6) is 0.874. The molecule has 0 fully saturated rings. The Labute approximate surface area is 146 Å². The first-order valence-electron chi connectivity index (χ1n) is 8.20. The molecule has 3 rings (SSSR count). The van der Waals surface area contributed by atoms with Crippen molar-refractivity contribution in [1.29, 1.82) is 0 Å². The lowest BCUT2D eigenvalue weighted by atomic mass is 10.0. The van der Waals surface area contributed by atoms with Crippen molar-refractivity contribution >= 4 is 17.4 Å². The zero-order valence-corrected chi connectivity index (χ0v) is 15.2. The van der Waals surface area contributed by atoms with Gasteiger partial charge < -0.3 is 15.0 Å². The van der Waals surface area contributed by atoms with E-state index >= 15 is 0 Å². The summed E-state index contributed by atoms with van der Waals surface area (Å²) in [6.07, 6.45) is 3.77. The first-order chi connectivity index (χ1) is 11.6. The second-order valence-electron chi connectivity index (χ2n) is 6.14. The molecular formula is C18H23N3O2S. The first-order valence-corrected chi connectivity index (χ1v) is 9.02. The number of nitrogens with zero attached hydrogens (tertiary/aromatic N) is 2. The van der Waals surface area contributed by atoms with E-state index in [2.05, 4.69) is 22.4 Å². The number of methoxy groups -OCH3 is 1. The number of hydrogen-bond donors (Lipinski definition) is 1. The molecule has 2 aromatic rings. The standard InChI is InChI=1S/C18H23N3O2S/c1-12-10-19-17(24-12)13(2)20-18(22)21-8-4-5-14-9-16(23-3)7-6-15(14)11-21/h6-7,9-10,13H,4-5,8,11H2,1-3H3,(H,20,22). The average molecular weight is 345 g/mol. The van der Waals surface area contributed by atoms with Crippen molar-refractivity contribution in [2.75, 3.05) is 13.7 Å². The van der Waals surface area contributed by atoms with Crippen LogP contribution in [0.3, 0.4) is 0 Å². The van der Waals surface area contributed by atoms with Gasteiger partial charge in [-0.3, -0.25) is 0 Å². The molecule has 2 heterocycles. The van der Waals surface area contributed by atoms with Gasteiger partial charge in [0, 0.05) is 24.2 Å². The number of urea groups is 1. The fourth-order valence-corrected chi connectivity index (χ4v) is 3.72. The summed E-state index contributed by atoms with van der Waals surface area (Å²) in [5.41, 5.74) is 2.47. The van der Waals surface area contributed by atoms with Gasteiger partial charge in [0.1, 0.15) is 10.8 Å². The van der Waals surface area contributed by atoms with E-state index in [1.165, 1.54) is 11.1 Å². The Morgan fingerprint density at radius 3 is 2.96 bits per heavy atom. The van der Waals surface area contributed by atoms with E-state index in [9.17, 15) is 4.79 Å². The number of carbonyl (C=O) groups is 1. The molecule has 0 spiro atoms. The van der Waals surface area contributed by atoms with Crippen molar-refractivity contribution in [2.24, 2.45) is 0 Å². The smallest absolute Gasteiger partial charge is 0.318 e. The Morgan fingerprint density at radius 2 is 2.25 bits per heavy atom. The molecule has 0 saturated heterocycles. The van der Waals surface area contributed by atoms with Crippen molar-refractivity contribution in [1.82, 2.24) is 15.2 Å². The maximum atomic E-state index is 12.6. The molecule has 6 heteroatoms. The molecule has 24 heavy (non-hydrogen) atoms. The van der Waals surface area contributed by atoms with Crippen LogP contribution in [0, 0.1) is 6.92 Å². The van der Waals surface area contributed by atoms with E-state index < -0.39 is 0 Å². The number of aryl methyl sites for hydroxylation is 2. The third-order valence-electron chi connectivity index (χ3n) is 4.29. The van der Waals surface area contributed by atoms with Gasteiger partial charge in [0.2, 0.25) is 0 Å². The van der Waals surface area contributed by atoms with Crippen LogP contribution in [-0.4, -0.2) is 29.6 Å². The Kier molecular flexibility index (Phi) is 5.04. The molecular weight excluding hydrogens is 322 g/mol. The fourth-order valence-electron chi connectivity index (χ4n) is 2.95. The summed E-state index contributed by atoms with van der Waals surface area (Å²) in [6.45, 7) is 5.39. The van der Waals surface area contributed by atoms with Gasteiger partial charge in [0.25, 0.3) is 0 Å². The molecule has 1 unspecified atom stereocenters. The number of amides is 2. The zero-order valence-electron chi connectivity index (χ0n) is 14.3. The van der Waals surface area contributed by atoms with Crippen molar-refractivity contribution < 1.29 is 9.53 Å². The van der Waals surface area contributed by atoms with Crippen LogP contribution in [0.5, 0.6) is 5.75 Å². The first kappa shape index (κ1) is 16.8. The SMILES string of the molecule is COc1ccc2c(c1)CCCN(C(=O)NC(C)c1ncc(C)s1)C2. The lowest BCUT2D eigenvalue weighted by Crippen LogP contribution is -2.40. The second-order valence-corrected chi connectivity index (χ2v) is 7.41. The van der Waals surface area contributed by atoms with Crippen molar-refractivity contribution in [3.8, 4) is 5.75 Å². The third kappa shape index (κ3) is 3.70. The Morgan fingerprint density at radius 1 is 1.42 bits per heavy atom. The van der Waals surface area contributed by atoms with Gasteiger partial charge in [-0.25, -0.2) is 9.78 Å². The van der Waals surface area contributed by atoms with Gasteiger partial charge >= 0.3 is 6.03 Å². The van der Waals surface area contributed by atoms with Crippen LogP contribution in [0.2, 0.25) is 0 Å². The van der Waals surface area contributed by atoms with Crippen molar-refractivity contribution in [3.05, 3.63) is 45.4 Å². The number of hydrogen-bond acceptors (Lipinski definition) is 4. The van der Waals surface area contributed by atoms with Gasteiger partial charge in [-0.2, -0.15) is 0 Å². The normalized spacial score (nSPS) is 15.4. The molecule has 0 bridgehead atoms. The van der Waals surface area contributed by atoms with Gasteiger partial charge in [0.05, 0.1) is 13.2 Å². The van der Waals surface area contributed by atoms with Crippen LogP contribution in [-0.2, 0) is 13.0 Å². The van der Waals surface area contributed by atoms with Crippen LogP contribution in [0.1, 0.15) is 40.4 Å². The predicted octanol–water partition coefficient (Wildman–Crippen LogP) is 3.68. The molecule has 1 aromatic heterocycles. The number of benzene rings is 1. The summed E-state index contributed by atoms with van der Waals surface area (Å²) in [5, 5.41) is 4.02. The number of ether oxygens (including phenoxy) is 1. The van der Waals surface area contributed by atoms with Crippen LogP contribution in [0.4, 0.5) is 4.79 Å². The molecule has 1 aliphatic rings. The van der Waals surface area contributed by atoms with Crippen molar-refractivity contribution in [2.45, 2.75) is 39.3 Å². The summed E-state index contributed by atoms with van der Waals surface area (Å²) < 4.78 is 5.30. The number of rotatable bonds is 3. The summed E-state index contributed by atoms with van der Waals surface area (Å²) >= 11 is 1.62. The van der Waals surface area contributed by atoms with Crippen LogP contribution < -0.4 is 10.1 Å². The Bertz CT molecular complexity index is 729. The van der Waals surface area contributed by atoms with Crippen LogP contribution in [0.25, 0.3) is 0 Å². The number of thiazole rings is 1. The minimum absolute atomic E-state index is 0.0287. The summed E-state index contributed by atoms with van der Waals surface area (Å²) in [7, 11) is 1.68. The molecule has 0 aliphatic carbocycles. The fraction of sp³-hybridized carbons (Fsp3) is 0.444. The van der Waals surface area contributed by atoms with Crippen molar-refractivity contribution in [3.63, 3.8) is 0 Å². The number of aromatic nitrogens is 1. The highest BCUT2D eigenvalue weighted by Crippen LogP contribution is 2.24. The van der Waals surface area contributed by atoms with E-state index in [0.717, 1.165) is 35.0 Å². The maximum Gasteiger partial charge on any atom is 0.318 e. The van der Waals surface area contributed by atoms with Crippen LogP contribution in [0.15, 0.2) is 24.4 Å². The molecule has 1 aromatic carbocycles. The number of nitrogens with one attached hydrogen (secondary N) is 1. The molecule has 5 nitrogen and oxygen atoms in total. The summed E-state index contributed by atoms with van der Waals surface area (Å²) in [4.78, 5) is 20.0. The summed E-state index contributed by atoms with van der Waals surface area (Å²) in [6, 6.07) is 6.00. The van der Waals surface area contributed by atoms with Crippen LogP contribution >= 0.6 is 11.3 Å². The van der Waals surface area contributed by atoms with E-state index in [-0.39, 0.29) is 12.1 Å². The molecule has 1 N–H and O–H groups in total. The minimum Gasteiger partial charge on any atom is -0.497 e. The minimum atomic E-state index is -0.0743. The lowest BCUT2D eigenvalue weighted by molar-refractivity contribution is 0.192. The molecule has 128 valence electrons. The number of fused-ring (bicyclic) bond motifs is 1. The lowest BCUT2D eigenvalue weighted by Gasteiger charge is -2.23. The topological polar surface area (TPSA) is 54.5 Å². The maximum absolute atomic E-state index is 12.6. The Hall–Kier alpha value is -2.08. The predicted molar refractivity (Wildman–Crippen MR) is 95.5 cm³/mol. The quantitative estimate of drug-likeness (QED) is 0.923. The average Bonchev–Trinajstić information content (AvgIpc) is 2.90. The molecule has 2 amide bonds. The monoisotopic (exact) mass is 345 g/mol. The van der Waals surface area contributed by atoms with E-state index in [1.807, 2.05) is 31.0 Å². The molecule has 0 radical (unpaired) electrons. The highest BCUT2D eigenvalue weighted by atomic mass is 32.1. The third-order valence-corrected chi connectivity index (χ3v) is 5.38. The number of carbonyl (C=O) groups excluding carboxylic acids is 1. The molecule has 1 aliphatic heterocycles. The van der Waals surface area contributed by atoms with E-state index in [4.69, 9.17) is 4.74 Å².